The molecule has 5 heteroatoms. The number of anilines is 1. The van der Waals surface area contributed by atoms with E-state index in [4.69, 9.17) is 4.74 Å². The van der Waals surface area contributed by atoms with E-state index in [0.29, 0.717) is 18.3 Å². The molecule has 0 saturated carbocycles. The number of aryl methyl sites for hydroxylation is 1. The second-order valence-corrected chi connectivity index (χ2v) is 8.52. The molecule has 1 saturated heterocycles. The van der Waals surface area contributed by atoms with Crippen LogP contribution in [0.3, 0.4) is 0 Å². The first-order valence-electron chi connectivity index (χ1n) is 11.8. The van der Waals surface area contributed by atoms with Gasteiger partial charge < -0.3 is 25.6 Å². The van der Waals surface area contributed by atoms with Gasteiger partial charge in [0.2, 0.25) is 0 Å². The predicted molar refractivity (Wildman–Crippen MR) is 127 cm³/mol. The summed E-state index contributed by atoms with van der Waals surface area (Å²) in [6, 6.07) is 14.3. The lowest BCUT2D eigenvalue weighted by Gasteiger charge is -2.21. The summed E-state index contributed by atoms with van der Waals surface area (Å²) in [5.74, 6) is 1.16. The Hall–Kier alpha value is -2.24. The number of ether oxygens (including phenoxy) is 1. The maximum absolute atomic E-state index is 10.9. The van der Waals surface area contributed by atoms with E-state index < -0.39 is 6.10 Å². The van der Waals surface area contributed by atoms with Crippen LogP contribution in [0.4, 0.5) is 5.69 Å². The number of rotatable bonds is 12. The first kappa shape index (κ1) is 23.4. The van der Waals surface area contributed by atoms with Crippen LogP contribution in [0, 0.1) is 0 Å². The largest absolute Gasteiger partial charge is 0.506 e. The fourth-order valence-corrected chi connectivity index (χ4v) is 4.31. The zero-order valence-electron chi connectivity index (χ0n) is 18.9. The molecule has 3 atom stereocenters. The molecule has 3 rings (SSSR count). The van der Waals surface area contributed by atoms with Crippen LogP contribution in [-0.4, -0.2) is 35.4 Å². The Morgan fingerprint density at radius 3 is 2.65 bits per heavy atom. The third kappa shape index (κ3) is 6.88. The molecule has 0 aliphatic carbocycles. The lowest BCUT2D eigenvalue weighted by molar-refractivity contribution is 0.135. The number of nitrogens with one attached hydrogen (secondary N) is 2. The lowest BCUT2D eigenvalue weighted by atomic mass is 10.00. The normalized spacial score (nSPS) is 19.3. The van der Waals surface area contributed by atoms with Crippen molar-refractivity contribution in [3.63, 3.8) is 0 Å². The van der Waals surface area contributed by atoms with Gasteiger partial charge >= 0.3 is 0 Å². The Morgan fingerprint density at radius 1 is 1.10 bits per heavy atom. The summed E-state index contributed by atoms with van der Waals surface area (Å²) in [5, 5.41) is 27.9. The second kappa shape index (κ2) is 12.0. The fourth-order valence-electron chi connectivity index (χ4n) is 4.31. The summed E-state index contributed by atoms with van der Waals surface area (Å²) < 4.78 is 5.50. The molecule has 31 heavy (non-hydrogen) atoms. The number of unbranched alkanes of at least 4 members (excludes halogenated alkanes) is 1. The number of aliphatic hydroxyl groups is 1. The lowest BCUT2D eigenvalue weighted by Crippen LogP contribution is -2.34. The van der Waals surface area contributed by atoms with E-state index in [1.165, 1.54) is 5.56 Å². The highest BCUT2D eigenvalue weighted by molar-refractivity contribution is 5.57. The van der Waals surface area contributed by atoms with E-state index in [1.54, 1.807) is 6.07 Å². The number of phenolic OH excluding ortho intramolecular Hbond substituents is 1. The highest BCUT2D eigenvalue weighted by Gasteiger charge is 2.30. The van der Waals surface area contributed by atoms with Gasteiger partial charge in [0.15, 0.2) is 0 Å². The first-order chi connectivity index (χ1) is 15.1. The van der Waals surface area contributed by atoms with Crippen molar-refractivity contribution in [2.75, 3.05) is 18.5 Å². The average Bonchev–Trinajstić information content (AvgIpc) is 3.25. The quantitative estimate of drug-likeness (QED) is 0.278. The first-order valence-corrected chi connectivity index (χ1v) is 11.8. The molecule has 2 aromatic carbocycles. The number of hydrogen-bond acceptors (Lipinski definition) is 5. The Balaban J connectivity index is 1.46. The molecule has 4 N–H and O–H groups in total. The Kier molecular flexibility index (Phi) is 9.04. The molecule has 1 aliphatic rings. The summed E-state index contributed by atoms with van der Waals surface area (Å²) in [5.41, 5.74) is 2.89. The summed E-state index contributed by atoms with van der Waals surface area (Å²) >= 11 is 0. The summed E-state index contributed by atoms with van der Waals surface area (Å²) in [4.78, 5) is 0. The number of aliphatic hydroxyl groups excluding tert-OH is 1. The zero-order chi connectivity index (χ0) is 22.1. The molecule has 0 spiro atoms. The average molecular weight is 427 g/mol. The SMILES string of the molecule is CCCCNc1cc(C(O)C2CCC(CCCc3ccc(OCC)cc3)N2)ccc1O. The van der Waals surface area contributed by atoms with Crippen LogP contribution in [0.1, 0.15) is 69.6 Å². The zero-order valence-corrected chi connectivity index (χ0v) is 18.9. The van der Waals surface area contributed by atoms with Crippen molar-refractivity contribution in [1.29, 1.82) is 0 Å². The minimum absolute atomic E-state index is 0.0588. The monoisotopic (exact) mass is 426 g/mol. The van der Waals surface area contributed by atoms with E-state index in [1.807, 2.05) is 31.2 Å². The van der Waals surface area contributed by atoms with E-state index in [0.717, 1.165) is 62.8 Å². The molecule has 1 aliphatic heterocycles. The van der Waals surface area contributed by atoms with Gasteiger partial charge in [-0.1, -0.05) is 31.5 Å². The van der Waals surface area contributed by atoms with Gasteiger partial charge in [-0.25, -0.2) is 0 Å². The van der Waals surface area contributed by atoms with Crippen molar-refractivity contribution >= 4 is 5.69 Å². The van der Waals surface area contributed by atoms with E-state index >= 15 is 0 Å². The molecule has 0 radical (unpaired) electrons. The standard InChI is InChI=1S/C26H38N2O3/c1-3-5-17-27-24-18-20(11-16-25(24)29)26(30)23-15-12-21(28-23)8-6-7-19-9-13-22(14-10-19)31-4-2/h9-11,13-14,16,18,21,23,26-30H,3-8,12,15,17H2,1-2H3. The number of benzene rings is 2. The van der Waals surface area contributed by atoms with Gasteiger partial charge in [0.1, 0.15) is 11.5 Å². The summed E-state index contributed by atoms with van der Waals surface area (Å²) in [6.07, 6.45) is 6.93. The van der Waals surface area contributed by atoms with Crippen LogP contribution >= 0.6 is 0 Å². The van der Waals surface area contributed by atoms with Gasteiger partial charge in [0.25, 0.3) is 0 Å². The highest BCUT2D eigenvalue weighted by Crippen LogP contribution is 2.32. The van der Waals surface area contributed by atoms with E-state index in [2.05, 4.69) is 29.7 Å². The molecule has 5 nitrogen and oxygen atoms in total. The van der Waals surface area contributed by atoms with Gasteiger partial charge in [0.05, 0.1) is 18.4 Å². The molecular formula is C26H38N2O3. The summed E-state index contributed by atoms with van der Waals surface area (Å²) in [6.45, 7) is 5.65. The molecule has 0 bridgehead atoms. The van der Waals surface area contributed by atoms with Crippen LogP contribution < -0.4 is 15.4 Å². The van der Waals surface area contributed by atoms with Crippen LogP contribution in [0.2, 0.25) is 0 Å². The van der Waals surface area contributed by atoms with Gasteiger partial charge in [-0.2, -0.15) is 0 Å². The Labute approximate surface area is 186 Å². The molecule has 3 unspecified atom stereocenters. The van der Waals surface area contributed by atoms with Crippen molar-refractivity contribution in [2.45, 2.75) is 77.0 Å². The van der Waals surface area contributed by atoms with Crippen LogP contribution in [0.25, 0.3) is 0 Å². The Morgan fingerprint density at radius 2 is 1.90 bits per heavy atom. The van der Waals surface area contributed by atoms with E-state index in [-0.39, 0.29) is 11.8 Å². The maximum Gasteiger partial charge on any atom is 0.138 e. The highest BCUT2D eigenvalue weighted by atomic mass is 16.5. The van der Waals surface area contributed by atoms with Crippen LogP contribution in [0.15, 0.2) is 42.5 Å². The van der Waals surface area contributed by atoms with Crippen molar-refractivity contribution in [1.82, 2.24) is 5.32 Å². The fraction of sp³-hybridized carbons (Fsp3) is 0.538. The topological polar surface area (TPSA) is 73.8 Å². The molecule has 170 valence electrons. The summed E-state index contributed by atoms with van der Waals surface area (Å²) in [7, 11) is 0. The van der Waals surface area contributed by atoms with Crippen LogP contribution in [0.5, 0.6) is 11.5 Å². The molecule has 1 heterocycles. The van der Waals surface area contributed by atoms with Crippen molar-refractivity contribution in [2.24, 2.45) is 0 Å². The van der Waals surface area contributed by atoms with Gasteiger partial charge in [0, 0.05) is 18.6 Å². The van der Waals surface area contributed by atoms with Crippen LogP contribution in [-0.2, 0) is 6.42 Å². The number of hydrogen-bond donors (Lipinski definition) is 4. The molecule has 0 aromatic heterocycles. The second-order valence-electron chi connectivity index (χ2n) is 8.52. The number of aromatic hydroxyl groups is 1. The van der Waals surface area contributed by atoms with Crippen molar-refractivity contribution in [3.8, 4) is 11.5 Å². The number of phenols is 1. The van der Waals surface area contributed by atoms with Crippen molar-refractivity contribution in [3.05, 3.63) is 53.6 Å². The molecule has 2 aromatic rings. The minimum atomic E-state index is -0.566. The van der Waals surface area contributed by atoms with Gasteiger partial charge in [-0.15, -0.1) is 0 Å². The third-order valence-electron chi connectivity index (χ3n) is 6.12. The third-order valence-corrected chi connectivity index (χ3v) is 6.12. The Bertz CT molecular complexity index is 794. The minimum Gasteiger partial charge on any atom is -0.506 e. The molecule has 1 fully saturated rings. The maximum atomic E-state index is 10.9. The predicted octanol–water partition coefficient (Wildman–Crippen LogP) is 5.18. The van der Waals surface area contributed by atoms with Gasteiger partial charge in [-0.3, -0.25) is 0 Å². The van der Waals surface area contributed by atoms with Gasteiger partial charge in [-0.05, 0) is 80.8 Å². The smallest absolute Gasteiger partial charge is 0.138 e. The molecule has 0 amide bonds. The van der Waals surface area contributed by atoms with E-state index in [9.17, 15) is 10.2 Å². The molecular weight excluding hydrogens is 388 g/mol. The van der Waals surface area contributed by atoms with Crippen molar-refractivity contribution < 1.29 is 14.9 Å².